The van der Waals surface area contributed by atoms with Crippen LogP contribution in [0, 0.1) is 0 Å². The maximum atomic E-state index is 5.51. The molecule has 0 spiro atoms. The van der Waals surface area contributed by atoms with Crippen LogP contribution in [0.1, 0.15) is 37.6 Å². The summed E-state index contributed by atoms with van der Waals surface area (Å²) in [6.45, 7) is 5.80. The van der Waals surface area contributed by atoms with Gasteiger partial charge in [-0.05, 0) is 38.3 Å². The molecule has 0 bridgehead atoms. The number of hydrogen-bond acceptors (Lipinski definition) is 3. The largest absolute Gasteiger partial charge is 0.377 e. The molecular weight excluding hydrogens is 200 g/mol. The Balaban J connectivity index is 1.80. The third kappa shape index (κ3) is 2.80. The van der Waals surface area contributed by atoms with E-state index in [4.69, 9.17) is 4.74 Å². The minimum atomic E-state index is 0.316. The van der Waals surface area contributed by atoms with Crippen molar-refractivity contribution in [1.29, 1.82) is 0 Å². The van der Waals surface area contributed by atoms with E-state index >= 15 is 0 Å². The molecule has 1 unspecified atom stereocenters. The van der Waals surface area contributed by atoms with Gasteiger partial charge in [-0.3, -0.25) is 4.98 Å². The van der Waals surface area contributed by atoms with Gasteiger partial charge in [-0.25, -0.2) is 0 Å². The fourth-order valence-electron chi connectivity index (χ4n) is 2.14. The highest BCUT2D eigenvalue weighted by atomic mass is 16.5. The number of pyridine rings is 1. The van der Waals surface area contributed by atoms with Gasteiger partial charge in [-0.1, -0.05) is 6.07 Å². The van der Waals surface area contributed by atoms with Gasteiger partial charge in [-0.2, -0.15) is 0 Å². The normalized spacial score (nSPS) is 19.1. The fourth-order valence-corrected chi connectivity index (χ4v) is 2.14. The zero-order valence-electron chi connectivity index (χ0n) is 10.1. The Morgan fingerprint density at radius 1 is 1.56 bits per heavy atom. The van der Waals surface area contributed by atoms with E-state index in [-0.39, 0.29) is 0 Å². The van der Waals surface area contributed by atoms with Crippen LogP contribution < -0.4 is 5.32 Å². The maximum absolute atomic E-state index is 5.51. The summed E-state index contributed by atoms with van der Waals surface area (Å²) in [5.41, 5.74) is 2.62. The Kier molecular flexibility index (Phi) is 3.91. The lowest BCUT2D eigenvalue weighted by Gasteiger charge is -2.14. The van der Waals surface area contributed by atoms with Crippen LogP contribution in [0.3, 0.4) is 0 Å². The lowest BCUT2D eigenvalue weighted by Crippen LogP contribution is -2.25. The summed E-state index contributed by atoms with van der Waals surface area (Å²) >= 11 is 0. The second-order valence-electron chi connectivity index (χ2n) is 4.51. The van der Waals surface area contributed by atoms with Crippen molar-refractivity contribution in [2.45, 2.75) is 38.8 Å². The summed E-state index contributed by atoms with van der Waals surface area (Å²) in [7, 11) is 0. The fraction of sp³-hybridized carbons (Fsp3) is 0.615. The molecule has 1 aromatic heterocycles. The number of aryl methyl sites for hydroxylation is 1. The van der Waals surface area contributed by atoms with Crippen LogP contribution in [-0.2, 0) is 11.2 Å². The Bertz CT molecular complexity index is 338. The van der Waals surface area contributed by atoms with E-state index in [1.807, 2.05) is 12.3 Å². The molecule has 0 aliphatic heterocycles. The Hall–Kier alpha value is -0.930. The third-order valence-corrected chi connectivity index (χ3v) is 2.90. The van der Waals surface area contributed by atoms with E-state index in [1.165, 1.54) is 11.3 Å². The number of hydrogen-bond donors (Lipinski definition) is 1. The molecule has 1 heterocycles. The quantitative estimate of drug-likeness (QED) is 0.771. The van der Waals surface area contributed by atoms with Gasteiger partial charge >= 0.3 is 0 Å². The smallest absolute Gasteiger partial charge is 0.0605 e. The summed E-state index contributed by atoms with van der Waals surface area (Å²) in [6.07, 6.45) is 4.50. The SMILES string of the molecule is CC(C)OCCNC1CCc2cccnc21. The summed E-state index contributed by atoms with van der Waals surface area (Å²) in [5, 5.41) is 3.51. The van der Waals surface area contributed by atoms with Crippen molar-refractivity contribution < 1.29 is 4.74 Å². The van der Waals surface area contributed by atoms with Crippen molar-refractivity contribution in [3.8, 4) is 0 Å². The number of rotatable bonds is 5. The number of ether oxygens (including phenoxy) is 1. The number of nitrogens with zero attached hydrogens (tertiary/aromatic N) is 1. The lowest BCUT2D eigenvalue weighted by atomic mass is 10.2. The van der Waals surface area contributed by atoms with Crippen LogP contribution in [0.25, 0.3) is 0 Å². The van der Waals surface area contributed by atoms with Crippen LogP contribution in [-0.4, -0.2) is 24.2 Å². The zero-order valence-corrected chi connectivity index (χ0v) is 10.1. The molecule has 0 aromatic carbocycles. The standard InChI is InChI=1S/C13H20N2O/c1-10(2)16-9-8-14-12-6-5-11-4-3-7-15-13(11)12/h3-4,7,10,12,14H,5-6,8-9H2,1-2H3. The van der Waals surface area contributed by atoms with Crippen molar-refractivity contribution in [1.82, 2.24) is 10.3 Å². The first-order valence-electron chi connectivity index (χ1n) is 6.06. The average molecular weight is 220 g/mol. The Morgan fingerprint density at radius 3 is 3.25 bits per heavy atom. The van der Waals surface area contributed by atoms with Gasteiger partial charge in [0.2, 0.25) is 0 Å². The third-order valence-electron chi connectivity index (χ3n) is 2.90. The first-order valence-corrected chi connectivity index (χ1v) is 6.06. The van der Waals surface area contributed by atoms with Gasteiger partial charge < -0.3 is 10.1 Å². The summed E-state index contributed by atoms with van der Waals surface area (Å²) < 4.78 is 5.51. The highest BCUT2D eigenvalue weighted by Gasteiger charge is 2.22. The van der Waals surface area contributed by atoms with Crippen LogP contribution in [0.2, 0.25) is 0 Å². The van der Waals surface area contributed by atoms with Crippen LogP contribution >= 0.6 is 0 Å². The van der Waals surface area contributed by atoms with Gasteiger partial charge in [0, 0.05) is 12.7 Å². The first kappa shape index (κ1) is 11.6. The average Bonchev–Trinajstić information content (AvgIpc) is 2.68. The second kappa shape index (κ2) is 5.41. The highest BCUT2D eigenvalue weighted by molar-refractivity contribution is 5.27. The topological polar surface area (TPSA) is 34.1 Å². The van der Waals surface area contributed by atoms with Crippen LogP contribution in [0.15, 0.2) is 18.3 Å². The van der Waals surface area contributed by atoms with Crippen LogP contribution in [0.4, 0.5) is 0 Å². The molecule has 1 atom stereocenters. The molecule has 1 N–H and O–H groups in total. The Labute approximate surface area is 97.2 Å². The molecular formula is C13H20N2O. The van der Waals surface area contributed by atoms with E-state index < -0.39 is 0 Å². The van der Waals surface area contributed by atoms with Gasteiger partial charge in [0.15, 0.2) is 0 Å². The molecule has 88 valence electrons. The molecule has 1 aromatic rings. The predicted molar refractivity (Wildman–Crippen MR) is 64.4 cm³/mol. The molecule has 0 saturated heterocycles. The molecule has 1 aliphatic carbocycles. The van der Waals surface area contributed by atoms with Gasteiger partial charge in [-0.15, -0.1) is 0 Å². The molecule has 3 heteroatoms. The van der Waals surface area contributed by atoms with Gasteiger partial charge in [0.05, 0.1) is 24.4 Å². The number of nitrogens with one attached hydrogen (secondary N) is 1. The summed E-state index contributed by atoms with van der Waals surface area (Å²) in [4.78, 5) is 4.45. The monoisotopic (exact) mass is 220 g/mol. The van der Waals surface area contributed by atoms with Crippen molar-refractivity contribution in [3.05, 3.63) is 29.6 Å². The second-order valence-corrected chi connectivity index (χ2v) is 4.51. The number of aromatic nitrogens is 1. The van der Waals surface area contributed by atoms with Crippen molar-refractivity contribution >= 4 is 0 Å². The van der Waals surface area contributed by atoms with Crippen molar-refractivity contribution in [3.63, 3.8) is 0 Å². The minimum absolute atomic E-state index is 0.316. The summed E-state index contributed by atoms with van der Waals surface area (Å²) in [6, 6.07) is 4.62. The van der Waals surface area contributed by atoms with Crippen molar-refractivity contribution in [2.75, 3.05) is 13.2 Å². The van der Waals surface area contributed by atoms with Gasteiger partial charge in [0.25, 0.3) is 0 Å². The first-order chi connectivity index (χ1) is 7.77. The van der Waals surface area contributed by atoms with E-state index in [0.29, 0.717) is 12.1 Å². The zero-order chi connectivity index (χ0) is 11.4. The van der Waals surface area contributed by atoms with E-state index in [9.17, 15) is 0 Å². The molecule has 16 heavy (non-hydrogen) atoms. The molecule has 0 amide bonds. The van der Waals surface area contributed by atoms with Crippen molar-refractivity contribution in [2.24, 2.45) is 0 Å². The lowest BCUT2D eigenvalue weighted by molar-refractivity contribution is 0.0793. The summed E-state index contributed by atoms with van der Waals surface area (Å²) in [5.74, 6) is 0. The molecule has 0 saturated carbocycles. The molecule has 0 fully saturated rings. The Morgan fingerprint density at radius 2 is 2.44 bits per heavy atom. The van der Waals surface area contributed by atoms with E-state index in [2.05, 4.69) is 30.2 Å². The number of fused-ring (bicyclic) bond motifs is 1. The molecule has 1 aliphatic rings. The van der Waals surface area contributed by atoms with E-state index in [0.717, 1.165) is 26.0 Å². The van der Waals surface area contributed by atoms with E-state index in [1.54, 1.807) is 0 Å². The highest BCUT2D eigenvalue weighted by Crippen LogP contribution is 2.28. The maximum Gasteiger partial charge on any atom is 0.0605 e. The van der Waals surface area contributed by atoms with Crippen LogP contribution in [0.5, 0.6) is 0 Å². The molecule has 2 rings (SSSR count). The van der Waals surface area contributed by atoms with Gasteiger partial charge in [0.1, 0.15) is 0 Å². The minimum Gasteiger partial charge on any atom is -0.377 e. The molecule has 0 radical (unpaired) electrons. The predicted octanol–water partition coefficient (Wildman–Crippen LogP) is 2.08. The molecule has 3 nitrogen and oxygen atoms in total.